The average molecular weight is 421 g/mol. The van der Waals surface area contributed by atoms with E-state index in [9.17, 15) is 13.4 Å². The van der Waals surface area contributed by atoms with Crippen LogP contribution in [0, 0.1) is 12.7 Å². The summed E-state index contributed by atoms with van der Waals surface area (Å²) < 4.78 is 30.9. The van der Waals surface area contributed by atoms with Gasteiger partial charge in [0.15, 0.2) is 0 Å². The van der Waals surface area contributed by atoms with Crippen LogP contribution < -0.4 is 5.32 Å². The van der Waals surface area contributed by atoms with Crippen LogP contribution in [0.1, 0.15) is 17.0 Å². The molecule has 1 amide bonds. The van der Waals surface area contributed by atoms with E-state index in [0.29, 0.717) is 27.9 Å². The van der Waals surface area contributed by atoms with E-state index in [2.05, 4.69) is 10.3 Å². The monoisotopic (exact) mass is 420 g/mol. The molecule has 0 saturated heterocycles. The van der Waals surface area contributed by atoms with Gasteiger partial charge in [0.25, 0.3) is 0 Å². The Morgan fingerprint density at radius 2 is 1.93 bits per heavy atom. The number of benzene rings is 2. The maximum atomic E-state index is 12.9. The third-order valence-corrected chi connectivity index (χ3v) is 5.50. The van der Waals surface area contributed by atoms with Crippen LogP contribution in [0.5, 0.6) is 0 Å². The third-order valence-electron chi connectivity index (χ3n) is 3.99. The number of carbonyl (C=O) groups excluding carboxylic acids is 1. The number of carbonyl (C=O) groups is 1. The zero-order chi connectivity index (χ0) is 20.1. The molecule has 0 saturated carbocycles. The fourth-order valence-corrected chi connectivity index (χ4v) is 3.80. The lowest BCUT2D eigenvalue weighted by Gasteiger charge is -2.05. The lowest BCUT2D eigenvalue weighted by molar-refractivity contribution is -0.118. The molecule has 3 rings (SSSR count). The Kier molecular flexibility index (Phi) is 6.59. The van der Waals surface area contributed by atoms with Gasteiger partial charge in [-0.2, -0.15) is 0 Å². The van der Waals surface area contributed by atoms with Crippen molar-refractivity contribution < 1.29 is 17.8 Å². The summed E-state index contributed by atoms with van der Waals surface area (Å²) in [7, 11) is -1.45. The minimum atomic E-state index is -1.45. The second kappa shape index (κ2) is 9.12. The van der Waals surface area contributed by atoms with Crippen LogP contribution in [-0.2, 0) is 27.9 Å². The Balaban J connectivity index is 1.56. The van der Waals surface area contributed by atoms with Crippen molar-refractivity contribution in [2.75, 3.05) is 5.75 Å². The maximum absolute atomic E-state index is 12.9. The van der Waals surface area contributed by atoms with Gasteiger partial charge < -0.3 is 9.73 Å². The second-order valence-corrected chi connectivity index (χ2v) is 8.00. The molecule has 0 fully saturated rings. The summed E-state index contributed by atoms with van der Waals surface area (Å²) in [6.07, 6.45) is 0. The van der Waals surface area contributed by atoms with E-state index in [1.54, 1.807) is 31.2 Å². The highest BCUT2D eigenvalue weighted by molar-refractivity contribution is 7.84. The zero-order valence-corrected chi connectivity index (χ0v) is 16.6. The van der Waals surface area contributed by atoms with Crippen LogP contribution >= 0.6 is 11.6 Å². The van der Waals surface area contributed by atoms with E-state index in [1.807, 2.05) is 12.1 Å². The number of amides is 1. The molecule has 5 nitrogen and oxygen atoms in total. The molecular formula is C20H18ClFN2O3S. The molecule has 0 spiro atoms. The number of hydrogen-bond donors (Lipinski definition) is 1. The first-order valence-corrected chi connectivity index (χ1v) is 10.4. The molecule has 1 aromatic heterocycles. The summed E-state index contributed by atoms with van der Waals surface area (Å²) in [6, 6.07) is 13.0. The van der Waals surface area contributed by atoms with Crippen molar-refractivity contribution in [3.05, 3.63) is 76.4 Å². The molecule has 1 heterocycles. The summed E-state index contributed by atoms with van der Waals surface area (Å²) in [5.74, 6) is 0.148. The predicted octanol–water partition coefficient (Wildman–Crippen LogP) is 4.01. The normalized spacial score (nSPS) is 12.0. The second-order valence-electron chi connectivity index (χ2n) is 6.13. The molecule has 0 radical (unpaired) electrons. The number of rotatable bonds is 7. The lowest BCUT2D eigenvalue weighted by Crippen LogP contribution is -2.28. The third kappa shape index (κ3) is 5.27. The van der Waals surface area contributed by atoms with Gasteiger partial charge in [-0.25, -0.2) is 9.37 Å². The minimum absolute atomic E-state index is 0.101. The van der Waals surface area contributed by atoms with Crippen molar-refractivity contribution in [1.29, 1.82) is 0 Å². The number of nitrogens with one attached hydrogen (secondary N) is 1. The molecule has 0 aliphatic rings. The van der Waals surface area contributed by atoms with Gasteiger partial charge >= 0.3 is 0 Å². The topological polar surface area (TPSA) is 72.2 Å². The van der Waals surface area contributed by atoms with Gasteiger partial charge in [0, 0.05) is 17.3 Å². The molecule has 0 aliphatic carbocycles. The van der Waals surface area contributed by atoms with Crippen LogP contribution in [0.4, 0.5) is 4.39 Å². The summed E-state index contributed by atoms with van der Waals surface area (Å²) in [5.41, 5.74) is 1.94. The molecule has 0 bridgehead atoms. The molecule has 146 valence electrons. The van der Waals surface area contributed by atoms with Crippen molar-refractivity contribution in [1.82, 2.24) is 10.3 Å². The Hall–Kier alpha value is -2.51. The highest BCUT2D eigenvalue weighted by Gasteiger charge is 2.17. The first-order chi connectivity index (χ1) is 13.4. The smallest absolute Gasteiger partial charge is 0.232 e. The maximum Gasteiger partial charge on any atom is 0.232 e. The predicted molar refractivity (Wildman–Crippen MR) is 107 cm³/mol. The van der Waals surface area contributed by atoms with E-state index in [-0.39, 0.29) is 29.8 Å². The van der Waals surface area contributed by atoms with Crippen molar-refractivity contribution >= 4 is 28.3 Å². The van der Waals surface area contributed by atoms with Crippen molar-refractivity contribution in [3.63, 3.8) is 0 Å². The van der Waals surface area contributed by atoms with Gasteiger partial charge in [-0.3, -0.25) is 9.00 Å². The van der Waals surface area contributed by atoms with Gasteiger partial charge in [-0.05, 0) is 36.8 Å². The Labute approximate surface area is 169 Å². The Morgan fingerprint density at radius 1 is 1.21 bits per heavy atom. The van der Waals surface area contributed by atoms with E-state index in [4.69, 9.17) is 16.0 Å². The molecule has 1 atom stereocenters. The molecule has 0 unspecified atom stereocenters. The van der Waals surface area contributed by atoms with Crippen LogP contribution in [0.3, 0.4) is 0 Å². The number of halogens is 2. The van der Waals surface area contributed by atoms with Crippen LogP contribution in [0.2, 0.25) is 5.02 Å². The van der Waals surface area contributed by atoms with Gasteiger partial charge in [-0.15, -0.1) is 0 Å². The summed E-state index contributed by atoms with van der Waals surface area (Å²) in [5, 5.41) is 3.18. The van der Waals surface area contributed by atoms with E-state index in [0.717, 1.165) is 5.56 Å². The molecule has 2 aromatic carbocycles. The molecular weight excluding hydrogens is 403 g/mol. The lowest BCUT2D eigenvalue weighted by atomic mass is 10.2. The first-order valence-electron chi connectivity index (χ1n) is 8.49. The fourth-order valence-electron chi connectivity index (χ4n) is 2.52. The van der Waals surface area contributed by atoms with Crippen molar-refractivity contribution in [2.24, 2.45) is 0 Å². The average Bonchev–Trinajstić information content (AvgIpc) is 3.01. The summed E-state index contributed by atoms with van der Waals surface area (Å²) in [4.78, 5) is 16.4. The fraction of sp³-hybridized carbons (Fsp3) is 0.200. The molecule has 0 aliphatic heterocycles. The van der Waals surface area contributed by atoms with E-state index >= 15 is 0 Å². The number of aromatic nitrogens is 1. The van der Waals surface area contributed by atoms with Crippen LogP contribution in [0.25, 0.3) is 11.5 Å². The number of aryl methyl sites for hydroxylation is 1. The van der Waals surface area contributed by atoms with Crippen LogP contribution in [0.15, 0.2) is 52.9 Å². The largest absolute Gasteiger partial charge is 0.441 e. The highest BCUT2D eigenvalue weighted by Crippen LogP contribution is 2.28. The van der Waals surface area contributed by atoms with Gasteiger partial charge in [0.2, 0.25) is 11.8 Å². The number of hydrogen-bond acceptors (Lipinski definition) is 4. The molecule has 3 aromatic rings. The molecule has 8 heteroatoms. The van der Waals surface area contributed by atoms with Gasteiger partial charge in [0.1, 0.15) is 17.3 Å². The van der Waals surface area contributed by atoms with Gasteiger partial charge in [-0.1, -0.05) is 35.9 Å². The summed E-state index contributed by atoms with van der Waals surface area (Å²) >= 11 is 6.16. The number of oxazole rings is 1. The van der Waals surface area contributed by atoms with E-state index < -0.39 is 10.8 Å². The summed E-state index contributed by atoms with van der Waals surface area (Å²) in [6.45, 7) is 1.98. The Bertz CT molecular complexity index is 1000. The van der Waals surface area contributed by atoms with Crippen LogP contribution in [-0.4, -0.2) is 20.9 Å². The van der Waals surface area contributed by atoms with E-state index in [1.165, 1.54) is 12.1 Å². The molecule has 28 heavy (non-hydrogen) atoms. The zero-order valence-electron chi connectivity index (χ0n) is 15.1. The first kappa shape index (κ1) is 20.2. The van der Waals surface area contributed by atoms with Crippen molar-refractivity contribution in [2.45, 2.75) is 19.2 Å². The van der Waals surface area contributed by atoms with Gasteiger partial charge in [0.05, 0.1) is 22.0 Å². The van der Waals surface area contributed by atoms with Crippen molar-refractivity contribution in [3.8, 4) is 11.5 Å². The Morgan fingerprint density at radius 3 is 2.64 bits per heavy atom. The minimum Gasteiger partial charge on any atom is -0.441 e. The SMILES string of the molecule is Cc1oc(-c2ccccc2Cl)nc1C[S@](=O)CC(=O)NCc1ccc(F)cc1. The number of nitrogens with zero attached hydrogens (tertiary/aromatic N) is 1. The quantitative estimate of drug-likeness (QED) is 0.626. The molecule has 1 N–H and O–H groups in total. The standard InChI is InChI=1S/C20H18ClFN2O3S/c1-13-18(24-20(27-13)16-4-2-3-5-17(16)21)11-28(26)12-19(25)23-10-14-6-8-15(22)9-7-14/h2-9H,10-12H2,1H3,(H,23,25)/t28-/m0/s1. The highest BCUT2D eigenvalue weighted by atomic mass is 35.5.